The highest BCUT2D eigenvalue weighted by atomic mass is 16.4. The molecule has 1 heterocycles. The molecule has 1 aromatic carbocycles. The first-order valence-corrected chi connectivity index (χ1v) is 6.43. The molecule has 102 valence electrons. The van der Waals surface area contributed by atoms with E-state index in [9.17, 15) is 4.79 Å². The second-order valence-electron chi connectivity index (χ2n) is 5.03. The number of nitrogens with zero attached hydrogens (tertiary/aromatic N) is 2. The molecule has 0 spiro atoms. The van der Waals surface area contributed by atoms with Gasteiger partial charge in [0.15, 0.2) is 0 Å². The maximum atomic E-state index is 10.6. The van der Waals surface area contributed by atoms with Gasteiger partial charge in [0, 0.05) is 18.5 Å². The minimum atomic E-state index is -0.819. The lowest BCUT2D eigenvalue weighted by Crippen LogP contribution is -2.12. The number of hydrogen-bond donors (Lipinski definition) is 2. The Morgan fingerprint density at radius 3 is 2.84 bits per heavy atom. The monoisotopic (exact) mass is 261 g/mol. The second-order valence-corrected chi connectivity index (χ2v) is 5.03. The number of imidazole rings is 1. The van der Waals surface area contributed by atoms with E-state index < -0.39 is 5.97 Å². The molecule has 0 saturated heterocycles. The molecule has 1 unspecified atom stereocenters. The van der Waals surface area contributed by atoms with Crippen LogP contribution in [0.1, 0.15) is 44.3 Å². The summed E-state index contributed by atoms with van der Waals surface area (Å²) in [5.41, 5.74) is 8.91. The average molecular weight is 261 g/mol. The summed E-state index contributed by atoms with van der Waals surface area (Å²) < 4.78 is 2.10. The predicted molar refractivity (Wildman–Crippen MR) is 73.9 cm³/mol. The Balaban J connectivity index is 2.24. The van der Waals surface area contributed by atoms with Gasteiger partial charge < -0.3 is 15.4 Å². The lowest BCUT2D eigenvalue weighted by molar-refractivity contribution is -0.137. The summed E-state index contributed by atoms with van der Waals surface area (Å²) in [6.45, 7) is 4.21. The van der Waals surface area contributed by atoms with Gasteiger partial charge in [-0.3, -0.25) is 4.79 Å². The quantitative estimate of drug-likeness (QED) is 0.866. The first kappa shape index (κ1) is 13.5. The summed E-state index contributed by atoms with van der Waals surface area (Å²) in [6, 6.07) is 6.00. The Labute approximate surface area is 112 Å². The Hall–Kier alpha value is -1.88. The molecule has 0 aliphatic carbocycles. The predicted octanol–water partition coefficient (Wildman–Crippen LogP) is 2.48. The summed E-state index contributed by atoms with van der Waals surface area (Å²) in [4.78, 5) is 14.9. The van der Waals surface area contributed by atoms with Gasteiger partial charge in [-0.15, -0.1) is 0 Å². The number of aromatic nitrogens is 2. The largest absolute Gasteiger partial charge is 0.481 e. The van der Waals surface area contributed by atoms with Crippen LogP contribution in [0.4, 0.5) is 0 Å². The van der Waals surface area contributed by atoms with Crippen molar-refractivity contribution in [2.45, 2.75) is 38.8 Å². The van der Waals surface area contributed by atoms with Crippen molar-refractivity contribution in [3.63, 3.8) is 0 Å². The van der Waals surface area contributed by atoms with Crippen molar-refractivity contribution < 1.29 is 9.90 Å². The van der Waals surface area contributed by atoms with Crippen LogP contribution in [0.25, 0.3) is 11.0 Å². The summed E-state index contributed by atoms with van der Waals surface area (Å²) >= 11 is 0. The molecule has 0 fully saturated rings. The van der Waals surface area contributed by atoms with E-state index in [4.69, 9.17) is 10.8 Å². The topological polar surface area (TPSA) is 81.1 Å². The third-order valence-electron chi connectivity index (χ3n) is 3.25. The van der Waals surface area contributed by atoms with Crippen molar-refractivity contribution in [3.05, 3.63) is 30.1 Å². The summed E-state index contributed by atoms with van der Waals surface area (Å²) in [5, 5.41) is 8.67. The normalized spacial score (nSPS) is 13.1. The Bertz CT molecular complexity index is 589. The van der Waals surface area contributed by atoms with E-state index in [1.807, 2.05) is 24.5 Å². The standard InChI is InChI=1S/C14H19N3O2/c1-9(2)17-8-16-12-7-10(3-5-13(12)17)11(15)4-6-14(18)19/h3,5,7-9,11H,4,6,15H2,1-2H3,(H,18,19). The fraction of sp³-hybridized carbons (Fsp3) is 0.429. The molecule has 0 aliphatic rings. The molecule has 0 aliphatic heterocycles. The van der Waals surface area contributed by atoms with E-state index in [0.29, 0.717) is 12.5 Å². The maximum Gasteiger partial charge on any atom is 0.303 e. The zero-order valence-electron chi connectivity index (χ0n) is 11.2. The van der Waals surface area contributed by atoms with E-state index in [1.54, 1.807) is 0 Å². The maximum absolute atomic E-state index is 10.6. The van der Waals surface area contributed by atoms with Gasteiger partial charge in [0.2, 0.25) is 0 Å². The zero-order valence-corrected chi connectivity index (χ0v) is 11.2. The number of carbonyl (C=O) groups is 1. The third kappa shape index (κ3) is 2.93. The van der Waals surface area contributed by atoms with E-state index in [1.165, 1.54) is 0 Å². The van der Waals surface area contributed by atoms with Crippen molar-refractivity contribution in [3.8, 4) is 0 Å². The van der Waals surface area contributed by atoms with Crippen molar-refractivity contribution in [1.82, 2.24) is 9.55 Å². The third-order valence-corrected chi connectivity index (χ3v) is 3.25. The van der Waals surface area contributed by atoms with Gasteiger partial charge in [0.1, 0.15) is 0 Å². The fourth-order valence-electron chi connectivity index (χ4n) is 2.14. The molecule has 0 saturated carbocycles. The van der Waals surface area contributed by atoms with Crippen LogP contribution in [0, 0.1) is 0 Å². The van der Waals surface area contributed by atoms with Gasteiger partial charge in [-0.25, -0.2) is 4.98 Å². The highest BCUT2D eigenvalue weighted by Crippen LogP contribution is 2.23. The number of aliphatic carboxylic acids is 1. The molecule has 1 aromatic heterocycles. The number of carboxylic acid groups (broad SMARTS) is 1. The highest BCUT2D eigenvalue weighted by molar-refractivity contribution is 5.76. The smallest absolute Gasteiger partial charge is 0.303 e. The molecule has 0 bridgehead atoms. The van der Waals surface area contributed by atoms with Crippen molar-refractivity contribution in [2.75, 3.05) is 0 Å². The summed E-state index contributed by atoms with van der Waals surface area (Å²) in [6.07, 6.45) is 2.34. The van der Waals surface area contributed by atoms with Crippen molar-refractivity contribution in [2.24, 2.45) is 5.73 Å². The number of hydrogen-bond acceptors (Lipinski definition) is 3. The van der Waals surface area contributed by atoms with Crippen LogP contribution < -0.4 is 5.73 Å². The van der Waals surface area contributed by atoms with Crippen molar-refractivity contribution in [1.29, 1.82) is 0 Å². The van der Waals surface area contributed by atoms with Crippen LogP contribution in [-0.4, -0.2) is 20.6 Å². The van der Waals surface area contributed by atoms with Gasteiger partial charge >= 0.3 is 5.97 Å². The van der Waals surface area contributed by atoms with Crippen LogP contribution in [-0.2, 0) is 4.79 Å². The summed E-state index contributed by atoms with van der Waals surface area (Å²) in [5.74, 6) is -0.819. The molecule has 19 heavy (non-hydrogen) atoms. The lowest BCUT2D eigenvalue weighted by Gasteiger charge is -2.12. The van der Waals surface area contributed by atoms with E-state index in [-0.39, 0.29) is 12.5 Å². The van der Waals surface area contributed by atoms with Crippen LogP contribution in [0.3, 0.4) is 0 Å². The second kappa shape index (κ2) is 5.40. The Kier molecular flexibility index (Phi) is 3.85. The molecule has 2 aromatic rings. The van der Waals surface area contributed by atoms with Gasteiger partial charge in [-0.05, 0) is 38.0 Å². The molecule has 0 amide bonds. The number of rotatable bonds is 5. The first-order chi connectivity index (χ1) is 8.99. The highest BCUT2D eigenvalue weighted by Gasteiger charge is 2.11. The molecular weight excluding hydrogens is 242 g/mol. The van der Waals surface area contributed by atoms with Crippen molar-refractivity contribution >= 4 is 17.0 Å². The molecule has 3 N–H and O–H groups in total. The van der Waals surface area contributed by atoms with E-state index in [0.717, 1.165) is 16.6 Å². The van der Waals surface area contributed by atoms with Gasteiger partial charge in [-0.2, -0.15) is 0 Å². The van der Waals surface area contributed by atoms with Gasteiger partial charge in [-0.1, -0.05) is 6.07 Å². The number of benzene rings is 1. The van der Waals surface area contributed by atoms with Gasteiger partial charge in [0.25, 0.3) is 0 Å². The summed E-state index contributed by atoms with van der Waals surface area (Å²) in [7, 11) is 0. The van der Waals surface area contributed by atoms with Crippen LogP contribution >= 0.6 is 0 Å². The van der Waals surface area contributed by atoms with Crippen LogP contribution in [0.15, 0.2) is 24.5 Å². The Morgan fingerprint density at radius 2 is 2.21 bits per heavy atom. The molecule has 1 atom stereocenters. The molecule has 5 nitrogen and oxygen atoms in total. The minimum Gasteiger partial charge on any atom is -0.481 e. The van der Waals surface area contributed by atoms with Crippen LogP contribution in [0.2, 0.25) is 0 Å². The molecule has 2 rings (SSSR count). The number of nitrogens with two attached hydrogens (primary N) is 1. The minimum absolute atomic E-state index is 0.0830. The van der Waals surface area contributed by atoms with Crippen LogP contribution in [0.5, 0.6) is 0 Å². The van der Waals surface area contributed by atoms with Gasteiger partial charge in [0.05, 0.1) is 17.4 Å². The number of fused-ring (bicyclic) bond motifs is 1. The fourth-order valence-corrected chi connectivity index (χ4v) is 2.14. The molecule has 0 radical (unpaired) electrons. The molecular formula is C14H19N3O2. The van der Waals surface area contributed by atoms with E-state index in [2.05, 4.69) is 23.4 Å². The average Bonchev–Trinajstić information content (AvgIpc) is 2.78. The molecule has 5 heteroatoms. The lowest BCUT2D eigenvalue weighted by atomic mass is 10.0. The van der Waals surface area contributed by atoms with E-state index >= 15 is 0 Å². The first-order valence-electron chi connectivity index (χ1n) is 6.43. The SMILES string of the molecule is CC(C)n1cnc2cc(C(N)CCC(=O)O)ccc21. The Morgan fingerprint density at radius 1 is 1.47 bits per heavy atom. The number of carboxylic acids is 1. The zero-order chi connectivity index (χ0) is 14.0.